The van der Waals surface area contributed by atoms with Gasteiger partial charge < -0.3 is 5.73 Å². The smallest absolute Gasteiger partial charge is 0.245 e. The van der Waals surface area contributed by atoms with Crippen molar-refractivity contribution in [3.05, 3.63) is 23.9 Å². The van der Waals surface area contributed by atoms with Crippen molar-refractivity contribution in [2.45, 2.75) is 12.8 Å². The summed E-state index contributed by atoms with van der Waals surface area (Å²) < 4.78 is 0. The fourth-order valence-electron chi connectivity index (χ4n) is 0.814. The van der Waals surface area contributed by atoms with E-state index in [0.29, 0.717) is 12.8 Å². The minimum atomic E-state index is -0.270. The van der Waals surface area contributed by atoms with Gasteiger partial charge in [0.05, 0.1) is 4.99 Å². The normalized spacial score (nSPS) is 14.7. The van der Waals surface area contributed by atoms with E-state index >= 15 is 0 Å². The molecule has 1 radical (unpaired) electrons. The van der Waals surface area contributed by atoms with E-state index in [0.717, 1.165) is 5.57 Å². The summed E-state index contributed by atoms with van der Waals surface area (Å²) in [5.74, 6) is -0.270. The number of rotatable bonds is 3. The standard InChI is InChI=1S/C8H10N2O/c9-8(11)4-3-7-2-1-5-10-6-7/h1-2,5-6H,3-4H2,(H2,9,11)/q+1. The van der Waals surface area contributed by atoms with E-state index in [1.165, 1.54) is 0 Å². The molecule has 0 unspecified atom stereocenters. The Morgan fingerprint density at radius 3 is 3.00 bits per heavy atom. The number of amides is 1. The first-order chi connectivity index (χ1) is 5.29. The molecule has 0 saturated carbocycles. The van der Waals surface area contributed by atoms with E-state index in [-0.39, 0.29) is 5.91 Å². The van der Waals surface area contributed by atoms with Crippen molar-refractivity contribution in [1.82, 2.24) is 4.99 Å². The van der Waals surface area contributed by atoms with E-state index in [4.69, 9.17) is 5.73 Å². The van der Waals surface area contributed by atoms with Crippen molar-refractivity contribution in [2.75, 3.05) is 0 Å². The molecule has 0 saturated heterocycles. The summed E-state index contributed by atoms with van der Waals surface area (Å²) in [6.45, 7) is 0. The Hall–Kier alpha value is -1.38. The highest BCUT2D eigenvalue weighted by Crippen LogP contribution is 2.03. The second kappa shape index (κ2) is 3.71. The summed E-state index contributed by atoms with van der Waals surface area (Å²) in [6, 6.07) is 0. The number of hydrogen-bond acceptors (Lipinski definition) is 2. The molecule has 0 spiro atoms. The number of nitrogens with zero attached hydrogens (tertiary/aromatic N) is 1. The van der Waals surface area contributed by atoms with Crippen molar-refractivity contribution >= 4 is 12.1 Å². The molecular weight excluding hydrogens is 140 g/mol. The zero-order valence-corrected chi connectivity index (χ0v) is 6.16. The average Bonchev–Trinajstić information content (AvgIpc) is 2.03. The molecule has 0 atom stereocenters. The maximum absolute atomic E-state index is 10.4. The first-order valence-corrected chi connectivity index (χ1v) is 3.46. The lowest BCUT2D eigenvalue weighted by Crippen LogP contribution is -2.10. The van der Waals surface area contributed by atoms with Crippen LogP contribution in [0.5, 0.6) is 0 Å². The second-order valence-electron chi connectivity index (χ2n) is 2.33. The van der Waals surface area contributed by atoms with E-state index in [9.17, 15) is 4.79 Å². The van der Waals surface area contributed by atoms with Crippen LogP contribution < -0.4 is 10.7 Å². The van der Waals surface area contributed by atoms with Crippen molar-refractivity contribution in [2.24, 2.45) is 5.73 Å². The Kier molecular flexibility index (Phi) is 2.60. The Balaban J connectivity index is 2.38. The van der Waals surface area contributed by atoms with Crippen molar-refractivity contribution in [3.8, 4) is 0 Å². The molecule has 1 heterocycles. The molecule has 0 bridgehead atoms. The minimum absolute atomic E-state index is 0.270. The minimum Gasteiger partial charge on any atom is -0.370 e. The van der Waals surface area contributed by atoms with Crippen molar-refractivity contribution in [3.63, 3.8) is 0 Å². The molecule has 0 aromatic heterocycles. The van der Waals surface area contributed by atoms with Gasteiger partial charge in [-0.1, -0.05) is 0 Å². The Morgan fingerprint density at radius 1 is 1.64 bits per heavy atom. The largest absolute Gasteiger partial charge is 0.370 e. The summed E-state index contributed by atoms with van der Waals surface area (Å²) in [6.07, 6.45) is 8.29. The van der Waals surface area contributed by atoms with Gasteiger partial charge >= 0.3 is 0 Å². The van der Waals surface area contributed by atoms with Crippen molar-refractivity contribution in [1.29, 1.82) is 0 Å². The van der Waals surface area contributed by atoms with Crippen LogP contribution in [0, 0.1) is 0 Å². The van der Waals surface area contributed by atoms with E-state index in [2.05, 4.69) is 4.99 Å². The van der Waals surface area contributed by atoms with Crippen LogP contribution in [-0.2, 0) is 4.79 Å². The van der Waals surface area contributed by atoms with Crippen LogP contribution in [0.2, 0.25) is 0 Å². The third kappa shape index (κ3) is 2.80. The molecule has 11 heavy (non-hydrogen) atoms. The zero-order chi connectivity index (χ0) is 8.10. The van der Waals surface area contributed by atoms with E-state index < -0.39 is 0 Å². The highest BCUT2D eigenvalue weighted by Gasteiger charge is 2.03. The number of aliphatic imine (C=N–C) groups is 1. The molecule has 1 aliphatic heterocycles. The predicted molar refractivity (Wildman–Crippen MR) is 43.8 cm³/mol. The molecular formula is C8H10N2O+. The first-order valence-electron chi connectivity index (χ1n) is 3.46. The molecule has 0 fully saturated rings. The Labute approximate surface area is 65.3 Å². The summed E-state index contributed by atoms with van der Waals surface area (Å²) in [5.41, 5.74) is 6.03. The highest BCUT2D eigenvalue weighted by atomic mass is 16.1. The Morgan fingerprint density at radius 2 is 2.45 bits per heavy atom. The molecule has 57 valence electrons. The molecule has 0 aliphatic carbocycles. The van der Waals surface area contributed by atoms with Crippen LogP contribution in [0.1, 0.15) is 12.8 Å². The number of primary amides is 1. The fourth-order valence-corrected chi connectivity index (χ4v) is 0.814. The number of carbonyl (C=O) groups excluding carboxylic acids is 1. The van der Waals surface area contributed by atoms with Crippen molar-refractivity contribution < 1.29 is 4.79 Å². The van der Waals surface area contributed by atoms with Gasteiger partial charge in [0.1, 0.15) is 0 Å². The van der Waals surface area contributed by atoms with Gasteiger partial charge in [-0.25, -0.2) is 0 Å². The van der Waals surface area contributed by atoms with Crippen LogP contribution in [-0.4, -0.2) is 12.1 Å². The molecule has 1 rings (SSSR count). The molecule has 3 nitrogen and oxygen atoms in total. The summed E-state index contributed by atoms with van der Waals surface area (Å²) in [4.78, 5) is 14.3. The summed E-state index contributed by atoms with van der Waals surface area (Å²) in [7, 11) is 0. The van der Waals surface area contributed by atoms with Gasteiger partial charge in [0, 0.05) is 18.1 Å². The van der Waals surface area contributed by atoms with Gasteiger partial charge in [-0.15, -0.1) is 0 Å². The first kappa shape index (κ1) is 7.72. The topological polar surface area (TPSA) is 57.2 Å². The predicted octanol–water partition coefficient (Wildman–Crippen LogP) is 0.112. The Bertz CT molecular complexity index is 238. The van der Waals surface area contributed by atoms with Crippen LogP contribution >= 0.6 is 0 Å². The quantitative estimate of drug-likeness (QED) is 0.610. The van der Waals surface area contributed by atoms with E-state index in [1.807, 2.05) is 12.2 Å². The van der Waals surface area contributed by atoms with Crippen LogP contribution in [0.4, 0.5) is 0 Å². The molecule has 3 heteroatoms. The lowest BCUT2D eigenvalue weighted by Gasteiger charge is -1.93. The maximum atomic E-state index is 10.4. The zero-order valence-electron chi connectivity index (χ0n) is 6.16. The van der Waals surface area contributed by atoms with Crippen LogP contribution in [0.25, 0.3) is 0 Å². The monoisotopic (exact) mass is 150 g/mol. The number of hydrogen-bond donors (Lipinski definition) is 1. The molecule has 1 amide bonds. The van der Waals surface area contributed by atoms with E-state index in [1.54, 1.807) is 12.4 Å². The lowest BCUT2D eigenvalue weighted by atomic mass is 10.1. The van der Waals surface area contributed by atoms with Gasteiger partial charge in [0.15, 0.2) is 0 Å². The van der Waals surface area contributed by atoms with Crippen LogP contribution in [0.15, 0.2) is 23.9 Å². The van der Waals surface area contributed by atoms with Gasteiger partial charge in [0.25, 0.3) is 0 Å². The third-order valence-electron chi connectivity index (χ3n) is 1.38. The maximum Gasteiger partial charge on any atom is 0.245 e. The highest BCUT2D eigenvalue weighted by molar-refractivity contribution is 5.81. The summed E-state index contributed by atoms with van der Waals surface area (Å²) in [5, 5.41) is 0. The fraction of sp³-hybridized carbons (Fsp3) is 0.250. The summed E-state index contributed by atoms with van der Waals surface area (Å²) >= 11 is 0. The number of carbonyl (C=O) groups is 1. The third-order valence-corrected chi connectivity index (χ3v) is 1.38. The number of nitrogens with two attached hydrogens (primary N) is 1. The lowest BCUT2D eigenvalue weighted by molar-refractivity contribution is -0.117. The SMILES string of the molecule is NC(=O)CCC1=CC=C[N+]=C1. The number of allylic oxidation sites excluding steroid dienone is 3. The molecule has 2 N–H and O–H groups in total. The molecule has 0 aromatic rings. The second-order valence-corrected chi connectivity index (χ2v) is 2.33. The van der Waals surface area contributed by atoms with Gasteiger partial charge in [-0.2, -0.15) is 0 Å². The van der Waals surface area contributed by atoms with Gasteiger partial charge in [0.2, 0.25) is 18.3 Å². The van der Waals surface area contributed by atoms with Crippen LogP contribution in [0.3, 0.4) is 0 Å². The molecule has 1 aliphatic rings. The van der Waals surface area contributed by atoms with Gasteiger partial charge in [-0.3, -0.25) is 4.79 Å². The molecule has 0 aromatic carbocycles. The van der Waals surface area contributed by atoms with Gasteiger partial charge in [-0.05, 0) is 12.5 Å². The average molecular weight is 150 g/mol.